The van der Waals surface area contributed by atoms with Crippen LogP contribution >= 0.6 is 12.4 Å². The second-order valence-electron chi connectivity index (χ2n) is 6.16. The first kappa shape index (κ1) is 17.1. The maximum atomic E-state index is 12.1. The van der Waals surface area contributed by atoms with Gasteiger partial charge in [-0.2, -0.15) is 0 Å². The molecule has 22 heavy (non-hydrogen) atoms. The Balaban J connectivity index is 0.00000176. The molecule has 2 saturated heterocycles. The van der Waals surface area contributed by atoms with Gasteiger partial charge in [0.1, 0.15) is 5.75 Å². The van der Waals surface area contributed by atoms with Crippen LogP contribution in [-0.2, 0) is 4.79 Å². The van der Waals surface area contributed by atoms with Crippen molar-refractivity contribution in [1.82, 2.24) is 10.2 Å². The Bertz CT molecular complexity index is 501. The fraction of sp³-hybridized carbons (Fsp3) is 0.562. The van der Waals surface area contributed by atoms with Crippen molar-refractivity contribution in [2.24, 2.45) is 5.41 Å². The Morgan fingerprint density at radius 1 is 1.36 bits per heavy atom. The fourth-order valence-corrected chi connectivity index (χ4v) is 3.38. The summed E-state index contributed by atoms with van der Waals surface area (Å²) >= 11 is 0. The number of hydrogen-bond donors (Lipinski definition) is 2. The molecule has 1 unspecified atom stereocenters. The Morgan fingerprint density at radius 2 is 2.14 bits per heavy atom. The fourth-order valence-electron chi connectivity index (χ4n) is 3.38. The quantitative estimate of drug-likeness (QED) is 0.885. The smallest absolute Gasteiger partial charge is 0.238 e. The van der Waals surface area contributed by atoms with Crippen molar-refractivity contribution >= 4 is 24.0 Å². The minimum absolute atomic E-state index is 0. The molecule has 5 nitrogen and oxygen atoms in total. The Morgan fingerprint density at radius 3 is 2.77 bits per heavy atom. The molecule has 1 amide bonds. The van der Waals surface area contributed by atoms with Crippen molar-refractivity contribution in [3.63, 3.8) is 0 Å². The van der Waals surface area contributed by atoms with E-state index in [9.17, 15) is 4.79 Å². The van der Waals surface area contributed by atoms with Crippen molar-refractivity contribution in [2.75, 3.05) is 45.2 Å². The molecule has 6 heteroatoms. The van der Waals surface area contributed by atoms with Gasteiger partial charge in [-0.25, -0.2) is 0 Å². The highest BCUT2D eigenvalue weighted by atomic mass is 35.5. The molecule has 1 atom stereocenters. The number of nitrogens with one attached hydrogen (secondary N) is 2. The van der Waals surface area contributed by atoms with E-state index >= 15 is 0 Å². The normalized spacial score (nSPS) is 24.2. The molecule has 0 aromatic heterocycles. The van der Waals surface area contributed by atoms with Crippen molar-refractivity contribution in [3.8, 4) is 5.75 Å². The number of rotatable bonds is 4. The number of anilines is 1. The summed E-state index contributed by atoms with van der Waals surface area (Å²) in [5.41, 5.74) is 1.23. The molecule has 2 fully saturated rings. The SMILES string of the molecule is COc1ccc(NC(=O)CN2CCC3(CCNC3)C2)cc1.Cl. The molecule has 3 rings (SSSR count). The predicted octanol–water partition coefficient (Wildman–Crippen LogP) is 1.74. The summed E-state index contributed by atoms with van der Waals surface area (Å²) in [5, 5.41) is 6.39. The number of nitrogens with zero attached hydrogens (tertiary/aromatic N) is 1. The third-order valence-corrected chi connectivity index (χ3v) is 4.59. The molecule has 1 aromatic rings. The zero-order valence-corrected chi connectivity index (χ0v) is 13.7. The number of methoxy groups -OCH3 is 1. The first-order chi connectivity index (χ1) is 10.2. The molecule has 0 radical (unpaired) electrons. The van der Waals surface area contributed by atoms with E-state index in [4.69, 9.17) is 4.74 Å². The minimum atomic E-state index is 0. The van der Waals surface area contributed by atoms with Gasteiger partial charge in [-0.15, -0.1) is 12.4 Å². The number of carbonyl (C=O) groups excluding carboxylic acids is 1. The van der Waals surface area contributed by atoms with E-state index in [0.717, 1.165) is 37.6 Å². The number of benzene rings is 1. The van der Waals surface area contributed by atoms with Gasteiger partial charge in [0.05, 0.1) is 13.7 Å². The Labute approximate surface area is 137 Å². The van der Waals surface area contributed by atoms with Crippen molar-refractivity contribution in [1.29, 1.82) is 0 Å². The molecule has 1 aromatic carbocycles. The van der Waals surface area contributed by atoms with Gasteiger partial charge >= 0.3 is 0 Å². The second kappa shape index (κ2) is 7.31. The Hall–Kier alpha value is -1.30. The first-order valence-electron chi connectivity index (χ1n) is 7.56. The van der Waals surface area contributed by atoms with Crippen LogP contribution in [0.15, 0.2) is 24.3 Å². The van der Waals surface area contributed by atoms with E-state index in [-0.39, 0.29) is 18.3 Å². The lowest BCUT2D eigenvalue weighted by atomic mass is 9.87. The highest BCUT2D eigenvalue weighted by Crippen LogP contribution is 2.35. The van der Waals surface area contributed by atoms with E-state index in [1.54, 1.807) is 7.11 Å². The monoisotopic (exact) mass is 325 g/mol. The highest BCUT2D eigenvalue weighted by Gasteiger charge is 2.40. The largest absolute Gasteiger partial charge is 0.497 e. The number of amides is 1. The lowest BCUT2D eigenvalue weighted by Gasteiger charge is -2.22. The Kier molecular flexibility index (Phi) is 5.67. The molecule has 0 bridgehead atoms. The van der Waals surface area contributed by atoms with Crippen LogP contribution in [0.25, 0.3) is 0 Å². The molecule has 0 aliphatic carbocycles. The van der Waals surface area contributed by atoms with E-state index < -0.39 is 0 Å². The molecule has 2 aliphatic heterocycles. The summed E-state index contributed by atoms with van der Waals surface area (Å²) in [4.78, 5) is 14.4. The van der Waals surface area contributed by atoms with Gasteiger partial charge in [-0.1, -0.05) is 0 Å². The number of halogens is 1. The van der Waals surface area contributed by atoms with Crippen LogP contribution < -0.4 is 15.4 Å². The molecule has 2 heterocycles. The predicted molar refractivity (Wildman–Crippen MR) is 89.8 cm³/mol. The average molecular weight is 326 g/mol. The molecule has 2 aliphatic rings. The third kappa shape index (κ3) is 3.91. The topological polar surface area (TPSA) is 53.6 Å². The number of ether oxygens (including phenoxy) is 1. The van der Waals surface area contributed by atoms with Gasteiger partial charge in [0.15, 0.2) is 0 Å². The zero-order chi connectivity index (χ0) is 14.7. The summed E-state index contributed by atoms with van der Waals surface area (Å²) in [6.07, 6.45) is 2.44. The maximum Gasteiger partial charge on any atom is 0.238 e. The number of carbonyl (C=O) groups is 1. The van der Waals surface area contributed by atoms with Gasteiger partial charge in [0, 0.05) is 18.8 Å². The van der Waals surface area contributed by atoms with Gasteiger partial charge in [-0.05, 0) is 55.6 Å². The van der Waals surface area contributed by atoms with Crippen LogP contribution in [0.3, 0.4) is 0 Å². The zero-order valence-electron chi connectivity index (χ0n) is 12.9. The molecule has 1 spiro atoms. The van der Waals surface area contributed by atoms with E-state index in [0.29, 0.717) is 12.0 Å². The van der Waals surface area contributed by atoms with Crippen LogP contribution in [0.1, 0.15) is 12.8 Å². The van der Waals surface area contributed by atoms with Crippen molar-refractivity contribution in [3.05, 3.63) is 24.3 Å². The summed E-state index contributed by atoms with van der Waals surface area (Å²) < 4.78 is 5.11. The molecule has 0 saturated carbocycles. The van der Waals surface area contributed by atoms with Gasteiger partial charge in [0.25, 0.3) is 0 Å². The van der Waals surface area contributed by atoms with Gasteiger partial charge in [0.2, 0.25) is 5.91 Å². The van der Waals surface area contributed by atoms with Crippen LogP contribution in [0, 0.1) is 5.41 Å². The molecule has 2 N–H and O–H groups in total. The highest BCUT2D eigenvalue weighted by molar-refractivity contribution is 5.92. The van der Waals surface area contributed by atoms with Crippen LogP contribution in [0.4, 0.5) is 5.69 Å². The standard InChI is InChI=1S/C16H23N3O2.ClH/c1-21-14-4-2-13(3-5-14)18-15(20)10-19-9-7-16(12-19)6-8-17-11-16;/h2-5,17H,6-12H2,1H3,(H,18,20);1H. The molecular formula is C16H24ClN3O2. The van der Waals surface area contributed by atoms with E-state index in [1.165, 1.54) is 12.8 Å². The molecular weight excluding hydrogens is 302 g/mol. The summed E-state index contributed by atoms with van der Waals surface area (Å²) in [6, 6.07) is 7.43. The van der Waals surface area contributed by atoms with Gasteiger partial charge in [-0.3, -0.25) is 9.69 Å². The molecule has 122 valence electrons. The van der Waals surface area contributed by atoms with E-state index in [1.807, 2.05) is 24.3 Å². The second-order valence-corrected chi connectivity index (χ2v) is 6.16. The lowest BCUT2D eigenvalue weighted by molar-refractivity contribution is -0.117. The average Bonchev–Trinajstić information content (AvgIpc) is 3.10. The lowest BCUT2D eigenvalue weighted by Crippen LogP contribution is -2.34. The minimum Gasteiger partial charge on any atom is -0.497 e. The van der Waals surface area contributed by atoms with Crippen LogP contribution in [0.2, 0.25) is 0 Å². The third-order valence-electron chi connectivity index (χ3n) is 4.59. The summed E-state index contributed by atoms with van der Waals surface area (Å²) in [7, 11) is 1.63. The number of likely N-dealkylation sites (tertiary alicyclic amines) is 1. The van der Waals surface area contributed by atoms with Gasteiger partial charge < -0.3 is 15.4 Å². The van der Waals surface area contributed by atoms with E-state index in [2.05, 4.69) is 15.5 Å². The van der Waals surface area contributed by atoms with Crippen molar-refractivity contribution in [2.45, 2.75) is 12.8 Å². The van der Waals surface area contributed by atoms with Crippen LogP contribution in [-0.4, -0.2) is 50.6 Å². The van der Waals surface area contributed by atoms with Crippen molar-refractivity contribution < 1.29 is 9.53 Å². The summed E-state index contributed by atoms with van der Waals surface area (Å²) in [5.74, 6) is 0.853. The summed E-state index contributed by atoms with van der Waals surface area (Å²) in [6.45, 7) is 4.76. The maximum absolute atomic E-state index is 12.1. The van der Waals surface area contributed by atoms with Crippen LogP contribution in [0.5, 0.6) is 5.75 Å². The number of hydrogen-bond acceptors (Lipinski definition) is 4. The first-order valence-corrected chi connectivity index (χ1v) is 7.56.